The van der Waals surface area contributed by atoms with E-state index in [0.29, 0.717) is 47.5 Å². The lowest BCUT2D eigenvalue weighted by Gasteiger charge is -2.28. The number of fused-ring (bicyclic) bond motifs is 1. The molecule has 9 nitrogen and oxygen atoms in total. The molecule has 11 heteroatoms. The van der Waals surface area contributed by atoms with Crippen molar-refractivity contribution in [2.45, 2.75) is 53.4 Å². The van der Waals surface area contributed by atoms with Gasteiger partial charge in [0, 0.05) is 27.8 Å². The summed E-state index contributed by atoms with van der Waals surface area (Å²) in [6.45, 7) is 9.89. The molecule has 0 spiro atoms. The molecule has 0 N–H and O–H groups in total. The third-order valence-electron chi connectivity index (χ3n) is 7.80. The highest BCUT2D eigenvalue weighted by atomic mass is 79.9. The summed E-state index contributed by atoms with van der Waals surface area (Å²) >= 11 is 3.30. The van der Waals surface area contributed by atoms with E-state index in [1.165, 1.54) is 11.6 Å². The fraction of sp³-hybridized carbons (Fsp3) is 0.300. The van der Waals surface area contributed by atoms with Crippen molar-refractivity contribution in [2.24, 2.45) is 0 Å². The van der Waals surface area contributed by atoms with Gasteiger partial charge in [-0.3, -0.25) is 14.2 Å². The molecule has 210 valence electrons. The number of hydrogen-bond donors (Lipinski definition) is 0. The van der Waals surface area contributed by atoms with Crippen molar-refractivity contribution in [3.05, 3.63) is 104 Å². The number of halogens is 2. The Balaban J connectivity index is 1.23. The molecule has 0 radical (unpaired) electrons. The van der Waals surface area contributed by atoms with Gasteiger partial charge < -0.3 is 4.90 Å². The van der Waals surface area contributed by atoms with Crippen molar-refractivity contribution in [1.29, 1.82) is 0 Å². The second-order valence-corrected chi connectivity index (χ2v) is 11.5. The highest BCUT2D eigenvalue weighted by molar-refractivity contribution is 9.10. The van der Waals surface area contributed by atoms with Crippen LogP contribution < -0.4 is 0 Å². The topological polar surface area (TPSA) is 86.7 Å². The molecular weight excluding hydrogens is 587 g/mol. The van der Waals surface area contributed by atoms with Gasteiger partial charge in [0.25, 0.3) is 5.91 Å². The summed E-state index contributed by atoms with van der Waals surface area (Å²) in [5.41, 5.74) is 7.40. The SMILES string of the molecule is Cc1ccc(Cn2nc(C)c(C(=O)N3CCn4ncc(-c5cn([C@H](C)c6ccc(Br)cc6F)nn5)c4C3)c2C)cc1. The first-order chi connectivity index (χ1) is 19.7. The summed E-state index contributed by atoms with van der Waals surface area (Å²) < 4.78 is 20.7. The third kappa shape index (κ3) is 5.10. The van der Waals surface area contributed by atoms with E-state index < -0.39 is 0 Å². The Morgan fingerprint density at radius 1 is 1.10 bits per heavy atom. The number of aryl methyl sites for hydroxylation is 2. The number of rotatable bonds is 6. The van der Waals surface area contributed by atoms with Crippen LogP contribution in [0, 0.1) is 26.6 Å². The number of carbonyl (C=O) groups is 1. The fourth-order valence-electron chi connectivity index (χ4n) is 5.39. The van der Waals surface area contributed by atoms with Gasteiger partial charge in [0.05, 0.1) is 55.0 Å². The third-order valence-corrected chi connectivity index (χ3v) is 8.30. The molecule has 0 unspecified atom stereocenters. The van der Waals surface area contributed by atoms with Crippen molar-refractivity contribution >= 4 is 21.8 Å². The van der Waals surface area contributed by atoms with Crippen LogP contribution in [-0.4, -0.2) is 51.9 Å². The number of hydrogen-bond acceptors (Lipinski definition) is 5. The van der Waals surface area contributed by atoms with Gasteiger partial charge in [-0.05, 0) is 45.4 Å². The lowest BCUT2D eigenvalue weighted by Crippen LogP contribution is -2.39. The average Bonchev–Trinajstić information content (AvgIpc) is 3.66. The molecule has 1 amide bonds. The maximum Gasteiger partial charge on any atom is 0.258 e. The summed E-state index contributed by atoms with van der Waals surface area (Å²) in [6.07, 6.45) is 3.56. The van der Waals surface area contributed by atoms with E-state index in [9.17, 15) is 9.18 Å². The molecule has 41 heavy (non-hydrogen) atoms. The van der Waals surface area contributed by atoms with Crippen LogP contribution in [0.3, 0.4) is 0 Å². The van der Waals surface area contributed by atoms with Crippen LogP contribution in [0.4, 0.5) is 4.39 Å². The summed E-state index contributed by atoms with van der Waals surface area (Å²) in [7, 11) is 0. The normalized spacial score (nSPS) is 13.9. The van der Waals surface area contributed by atoms with Gasteiger partial charge in [0.2, 0.25) is 0 Å². The largest absolute Gasteiger partial charge is 0.331 e. The van der Waals surface area contributed by atoms with E-state index in [2.05, 4.69) is 62.5 Å². The van der Waals surface area contributed by atoms with Crippen LogP contribution in [0.5, 0.6) is 0 Å². The van der Waals surface area contributed by atoms with Crippen molar-refractivity contribution in [2.75, 3.05) is 6.54 Å². The minimum atomic E-state index is -0.351. The van der Waals surface area contributed by atoms with E-state index in [4.69, 9.17) is 5.10 Å². The van der Waals surface area contributed by atoms with E-state index >= 15 is 0 Å². The first kappa shape index (κ1) is 27.1. The predicted octanol–water partition coefficient (Wildman–Crippen LogP) is 5.48. The Morgan fingerprint density at radius 3 is 2.63 bits per heavy atom. The highest BCUT2D eigenvalue weighted by Gasteiger charge is 2.29. The fourth-order valence-corrected chi connectivity index (χ4v) is 5.72. The molecule has 4 heterocycles. The van der Waals surface area contributed by atoms with Gasteiger partial charge in [0.15, 0.2) is 0 Å². The van der Waals surface area contributed by atoms with Crippen LogP contribution in [0.25, 0.3) is 11.3 Å². The first-order valence-corrected chi connectivity index (χ1v) is 14.3. The molecule has 2 aromatic carbocycles. The quantitative estimate of drug-likeness (QED) is 0.252. The zero-order valence-corrected chi connectivity index (χ0v) is 24.9. The molecule has 1 atom stereocenters. The molecule has 6 rings (SSSR count). The number of benzene rings is 2. The second-order valence-electron chi connectivity index (χ2n) is 10.6. The average molecular weight is 618 g/mol. The van der Waals surface area contributed by atoms with Crippen molar-refractivity contribution in [3.63, 3.8) is 0 Å². The van der Waals surface area contributed by atoms with Crippen molar-refractivity contribution < 1.29 is 9.18 Å². The lowest BCUT2D eigenvalue weighted by atomic mass is 10.1. The second kappa shape index (κ2) is 10.7. The van der Waals surface area contributed by atoms with E-state index in [1.54, 1.807) is 23.1 Å². The summed E-state index contributed by atoms with van der Waals surface area (Å²) in [4.78, 5) is 15.7. The van der Waals surface area contributed by atoms with Crippen LogP contribution >= 0.6 is 15.9 Å². The monoisotopic (exact) mass is 616 g/mol. The smallest absolute Gasteiger partial charge is 0.258 e. The Morgan fingerprint density at radius 2 is 1.88 bits per heavy atom. The molecule has 0 saturated carbocycles. The van der Waals surface area contributed by atoms with Gasteiger partial charge in [-0.2, -0.15) is 10.2 Å². The van der Waals surface area contributed by atoms with Crippen molar-refractivity contribution in [1.82, 2.24) is 39.5 Å². The Hall–Kier alpha value is -4.12. The molecule has 1 aliphatic rings. The maximum atomic E-state index is 14.6. The van der Waals surface area contributed by atoms with Gasteiger partial charge >= 0.3 is 0 Å². The Bertz CT molecular complexity index is 1750. The summed E-state index contributed by atoms with van der Waals surface area (Å²) in [6, 6.07) is 13.0. The zero-order chi connectivity index (χ0) is 28.8. The van der Waals surface area contributed by atoms with Crippen LogP contribution in [0.15, 0.2) is 59.3 Å². The van der Waals surface area contributed by atoms with Crippen LogP contribution in [-0.2, 0) is 19.6 Å². The van der Waals surface area contributed by atoms with E-state index in [1.807, 2.05) is 41.1 Å². The molecule has 5 aromatic rings. The summed E-state index contributed by atoms with van der Waals surface area (Å²) in [5.74, 6) is -0.356. The first-order valence-electron chi connectivity index (χ1n) is 13.5. The minimum Gasteiger partial charge on any atom is -0.331 e. The molecule has 0 fully saturated rings. The van der Waals surface area contributed by atoms with Gasteiger partial charge in [-0.1, -0.05) is 57.0 Å². The molecule has 3 aromatic heterocycles. The van der Waals surface area contributed by atoms with Crippen LogP contribution in [0.2, 0.25) is 0 Å². The summed E-state index contributed by atoms with van der Waals surface area (Å²) in [5, 5.41) is 17.9. The number of aromatic nitrogens is 7. The number of amides is 1. The predicted molar refractivity (Wildman–Crippen MR) is 156 cm³/mol. The van der Waals surface area contributed by atoms with E-state index in [0.717, 1.165) is 28.2 Å². The minimum absolute atomic E-state index is 0.0449. The van der Waals surface area contributed by atoms with Gasteiger partial charge in [-0.25, -0.2) is 9.07 Å². The zero-order valence-electron chi connectivity index (χ0n) is 23.3. The van der Waals surface area contributed by atoms with Crippen molar-refractivity contribution in [3.8, 4) is 11.3 Å². The lowest BCUT2D eigenvalue weighted by molar-refractivity contribution is 0.0705. The van der Waals surface area contributed by atoms with E-state index in [-0.39, 0.29) is 17.8 Å². The molecule has 1 aliphatic heterocycles. The number of nitrogens with zero attached hydrogens (tertiary/aromatic N) is 8. The Labute approximate surface area is 245 Å². The maximum absolute atomic E-state index is 14.6. The van der Waals surface area contributed by atoms with Gasteiger partial charge in [0.1, 0.15) is 11.5 Å². The molecule has 0 saturated heterocycles. The molecular formula is C30H30BrFN8O. The Kier molecular flexibility index (Phi) is 7.06. The van der Waals surface area contributed by atoms with Gasteiger partial charge in [-0.15, -0.1) is 5.10 Å². The molecule has 0 aliphatic carbocycles. The standard InChI is InChI=1S/C30H30BrFN8O/c1-18-5-7-22(8-6-18)15-39-21(4)29(19(2)35-39)30(41)37-11-12-38-28(17-37)25(14-33-38)27-16-40(36-34-27)20(3)24-10-9-23(31)13-26(24)32/h5-10,13-14,16,20H,11-12,15,17H2,1-4H3/t20-/m1/s1. The molecule has 0 bridgehead atoms. The van der Waals surface area contributed by atoms with Crippen LogP contribution in [0.1, 0.15) is 57.1 Å². The highest BCUT2D eigenvalue weighted by Crippen LogP contribution is 2.29. The number of carbonyl (C=O) groups excluding carboxylic acids is 1.